The molecule has 1 unspecified atom stereocenters. The van der Waals surface area contributed by atoms with Gasteiger partial charge in [-0.15, -0.1) is 0 Å². The summed E-state index contributed by atoms with van der Waals surface area (Å²) in [4.78, 5) is 2.46. The Kier molecular flexibility index (Phi) is 5.28. The zero-order valence-corrected chi connectivity index (χ0v) is 13.2. The van der Waals surface area contributed by atoms with Gasteiger partial charge in [0.15, 0.2) is 0 Å². The van der Waals surface area contributed by atoms with Crippen LogP contribution in [0.1, 0.15) is 58.8 Å². The Morgan fingerprint density at radius 2 is 2.10 bits per heavy atom. The van der Waals surface area contributed by atoms with Crippen LogP contribution in [0, 0.1) is 5.92 Å². The fraction of sp³-hybridized carbons (Fsp3) is 0.579. The molecule has 0 N–H and O–H groups in total. The summed E-state index contributed by atoms with van der Waals surface area (Å²) >= 11 is 0. The van der Waals surface area contributed by atoms with Crippen LogP contribution in [0.25, 0.3) is 0 Å². The normalized spacial score (nSPS) is 22.6. The molecule has 110 valence electrons. The first kappa shape index (κ1) is 15.2. The predicted octanol–water partition coefficient (Wildman–Crippen LogP) is 5.58. The molecule has 1 atom stereocenters. The zero-order chi connectivity index (χ0) is 14.5. The molecular weight excluding hydrogens is 242 g/mol. The Labute approximate surface area is 124 Å². The summed E-state index contributed by atoms with van der Waals surface area (Å²) in [5, 5.41) is 0. The second-order valence-electron chi connectivity index (χ2n) is 6.10. The highest BCUT2D eigenvalue weighted by molar-refractivity contribution is 5.26. The molecule has 0 radical (unpaired) electrons. The Bertz CT molecular complexity index is 423. The van der Waals surface area contributed by atoms with E-state index in [2.05, 4.69) is 50.1 Å². The zero-order valence-electron chi connectivity index (χ0n) is 13.2. The molecule has 0 amide bonds. The minimum absolute atomic E-state index is 0.574. The van der Waals surface area contributed by atoms with Gasteiger partial charge in [-0.2, -0.15) is 0 Å². The Balaban J connectivity index is 2.08. The van der Waals surface area contributed by atoms with Gasteiger partial charge in [0, 0.05) is 17.4 Å². The summed E-state index contributed by atoms with van der Waals surface area (Å²) in [6.45, 7) is 13.2. The van der Waals surface area contributed by atoms with Gasteiger partial charge in [0.1, 0.15) is 0 Å². The molecule has 0 aromatic rings. The van der Waals surface area contributed by atoms with Gasteiger partial charge < -0.3 is 4.90 Å². The van der Waals surface area contributed by atoms with E-state index in [1.807, 2.05) is 0 Å². The third-order valence-electron chi connectivity index (χ3n) is 4.78. The predicted molar refractivity (Wildman–Crippen MR) is 88.3 cm³/mol. The van der Waals surface area contributed by atoms with Gasteiger partial charge in [-0.3, -0.25) is 0 Å². The maximum absolute atomic E-state index is 4.40. The molecule has 1 fully saturated rings. The van der Waals surface area contributed by atoms with E-state index in [-0.39, 0.29) is 0 Å². The van der Waals surface area contributed by atoms with Crippen molar-refractivity contribution >= 4 is 0 Å². The van der Waals surface area contributed by atoms with Crippen molar-refractivity contribution in [2.45, 2.75) is 64.8 Å². The molecule has 1 aliphatic heterocycles. The molecule has 0 aromatic heterocycles. The summed E-state index contributed by atoms with van der Waals surface area (Å²) in [7, 11) is 0. The smallest absolute Gasteiger partial charge is 0.0379 e. The minimum Gasteiger partial charge on any atom is -0.346 e. The third-order valence-corrected chi connectivity index (χ3v) is 4.78. The van der Waals surface area contributed by atoms with Crippen LogP contribution in [-0.2, 0) is 0 Å². The number of nitrogens with zero attached hydrogens (tertiary/aromatic N) is 1. The SMILES string of the molecule is C=C1CCC(CC2=CCCC=C2)N1C(=C)C(CC)CC. The molecule has 0 spiro atoms. The van der Waals surface area contributed by atoms with E-state index in [0.29, 0.717) is 12.0 Å². The van der Waals surface area contributed by atoms with Crippen LogP contribution in [0.15, 0.2) is 48.4 Å². The van der Waals surface area contributed by atoms with Crippen LogP contribution < -0.4 is 0 Å². The third kappa shape index (κ3) is 3.26. The second kappa shape index (κ2) is 6.97. The highest BCUT2D eigenvalue weighted by atomic mass is 15.2. The summed E-state index contributed by atoms with van der Waals surface area (Å²) in [6, 6.07) is 0.574. The number of likely N-dealkylation sites (tertiary alicyclic amines) is 1. The van der Waals surface area contributed by atoms with Gasteiger partial charge in [0.25, 0.3) is 0 Å². The van der Waals surface area contributed by atoms with E-state index < -0.39 is 0 Å². The van der Waals surface area contributed by atoms with Crippen LogP contribution in [0.5, 0.6) is 0 Å². The van der Waals surface area contributed by atoms with Gasteiger partial charge in [-0.25, -0.2) is 0 Å². The average Bonchev–Trinajstić information content (AvgIpc) is 2.82. The molecule has 1 aliphatic carbocycles. The van der Waals surface area contributed by atoms with Crippen LogP contribution in [0.2, 0.25) is 0 Å². The standard InChI is InChI=1S/C19H29N/c1-5-18(6-2)16(4)20-15(3)12-13-19(20)14-17-10-8-7-9-11-17/h8,10-11,18-19H,3-7,9,12-14H2,1-2H3. The van der Waals surface area contributed by atoms with Crippen LogP contribution in [-0.4, -0.2) is 10.9 Å². The maximum atomic E-state index is 4.40. The first-order chi connectivity index (χ1) is 9.67. The van der Waals surface area contributed by atoms with E-state index in [9.17, 15) is 0 Å². The summed E-state index contributed by atoms with van der Waals surface area (Å²) < 4.78 is 0. The largest absolute Gasteiger partial charge is 0.346 e. The number of rotatable bonds is 6. The quantitative estimate of drug-likeness (QED) is 0.609. The molecule has 1 heteroatoms. The lowest BCUT2D eigenvalue weighted by Gasteiger charge is -2.34. The Hall–Kier alpha value is -1.24. The monoisotopic (exact) mass is 271 g/mol. The molecule has 1 heterocycles. The topological polar surface area (TPSA) is 3.24 Å². The van der Waals surface area contributed by atoms with Crippen molar-refractivity contribution in [3.05, 3.63) is 48.4 Å². The van der Waals surface area contributed by atoms with Gasteiger partial charge in [-0.05, 0) is 50.9 Å². The summed E-state index contributed by atoms with van der Waals surface area (Å²) in [5.74, 6) is 0.600. The van der Waals surface area contributed by atoms with Crippen molar-refractivity contribution in [1.82, 2.24) is 4.90 Å². The highest BCUT2D eigenvalue weighted by Gasteiger charge is 2.31. The molecule has 0 bridgehead atoms. The minimum atomic E-state index is 0.574. The summed E-state index contributed by atoms with van der Waals surface area (Å²) in [5.41, 5.74) is 4.06. The molecule has 0 aromatic carbocycles. The highest BCUT2D eigenvalue weighted by Crippen LogP contribution is 2.37. The van der Waals surface area contributed by atoms with Crippen molar-refractivity contribution in [1.29, 1.82) is 0 Å². The van der Waals surface area contributed by atoms with Gasteiger partial charge >= 0.3 is 0 Å². The number of hydrogen-bond acceptors (Lipinski definition) is 1. The van der Waals surface area contributed by atoms with Gasteiger partial charge in [0.05, 0.1) is 0 Å². The maximum Gasteiger partial charge on any atom is 0.0379 e. The van der Waals surface area contributed by atoms with Crippen LogP contribution in [0.3, 0.4) is 0 Å². The molecule has 2 aliphatic rings. The molecule has 1 nitrogen and oxygen atoms in total. The van der Waals surface area contributed by atoms with Crippen molar-refractivity contribution < 1.29 is 0 Å². The van der Waals surface area contributed by atoms with E-state index in [1.54, 1.807) is 0 Å². The van der Waals surface area contributed by atoms with Crippen LogP contribution in [0.4, 0.5) is 0 Å². The lowest BCUT2D eigenvalue weighted by atomic mass is 9.95. The van der Waals surface area contributed by atoms with Gasteiger partial charge in [0.2, 0.25) is 0 Å². The van der Waals surface area contributed by atoms with Crippen molar-refractivity contribution in [3.8, 4) is 0 Å². The average molecular weight is 271 g/mol. The summed E-state index contributed by atoms with van der Waals surface area (Å²) in [6.07, 6.45) is 15.3. The lowest BCUT2D eigenvalue weighted by molar-refractivity contribution is 0.311. The fourth-order valence-corrected chi connectivity index (χ4v) is 3.52. The van der Waals surface area contributed by atoms with E-state index in [4.69, 9.17) is 0 Å². The van der Waals surface area contributed by atoms with E-state index in [0.717, 1.165) is 12.8 Å². The first-order valence-electron chi connectivity index (χ1n) is 8.18. The molecule has 2 rings (SSSR count). The Morgan fingerprint density at radius 3 is 2.70 bits per heavy atom. The van der Waals surface area contributed by atoms with E-state index in [1.165, 1.54) is 49.1 Å². The number of allylic oxidation sites excluding steroid dienone is 5. The van der Waals surface area contributed by atoms with Gasteiger partial charge in [-0.1, -0.05) is 50.8 Å². The lowest BCUT2D eigenvalue weighted by Crippen LogP contribution is -2.30. The first-order valence-corrected chi connectivity index (χ1v) is 8.18. The van der Waals surface area contributed by atoms with Crippen molar-refractivity contribution in [2.75, 3.05) is 0 Å². The van der Waals surface area contributed by atoms with Crippen molar-refractivity contribution in [3.63, 3.8) is 0 Å². The number of hydrogen-bond donors (Lipinski definition) is 0. The molecule has 20 heavy (non-hydrogen) atoms. The molecule has 0 saturated carbocycles. The fourth-order valence-electron chi connectivity index (χ4n) is 3.52. The van der Waals surface area contributed by atoms with Crippen molar-refractivity contribution in [2.24, 2.45) is 5.92 Å². The van der Waals surface area contributed by atoms with E-state index >= 15 is 0 Å². The van der Waals surface area contributed by atoms with Crippen LogP contribution >= 0.6 is 0 Å². The molecular formula is C19H29N. The Morgan fingerprint density at radius 1 is 1.35 bits per heavy atom. The molecule has 1 saturated heterocycles. The second-order valence-corrected chi connectivity index (χ2v) is 6.10.